The van der Waals surface area contributed by atoms with Crippen molar-refractivity contribution in [3.8, 4) is 5.75 Å². The Hall–Kier alpha value is -0.980. The minimum Gasteiger partial charge on any atom is -0.507 e. The quantitative estimate of drug-likeness (QED) is 0.748. The van der Waals surface area contributed by atoms with E-state index in [9.17, 15) is 5.11 Å². The second kappa shape index (κ2) is 6.98. The van der Waals surface area contributed by atoms with Gasteiger partial charge < -0.3 is 5.11 Å². The summed E-state index contributed by atoms with van der Waals surface area (Å²) >= 11 is 0. The Balaban J connectivity index is 2.97. The molecule has 0 aliphatic rings. The molecule has 1 heteroatoms. The van der Waals surface area contributed by atoms with Crippen LogP contribution in [0.5, 0.6) is 5.75 Å². The molecule has 19 heavy (non-hydrogen) atoms. The van der Waals surface area contributed by atoms with Crippen LogP contribution in [0.4, 0.5) is 0 Å². The Morgan fingerprint density at radius 3 is 1.53 bits per heavy atom. The SMILES string of the molecule is Cc1c(CCC(C)C)cc(CCC(C)C)c(C)c1O. The maximum absolute atomic E-state index is 10.3. The van der Waals surface area contributed by atoms with Gasteiger partial charge in [-0.1, -0.05) is 33.8 Å². The molecule has 0 heterocycles. The average molecular weight is 262 g/mol. The van der Waals surface area contributed by atoms with Crippen molar-refractivity contribution in [3.05, 3.63) is 28.3 Å². The number of phenolic OH excluding ortho intramolecular Hbond substituents is 1. The highest BCUT2D eigenvalue weighted by Crippen LogP contribution is 2.30. The Bertz CT molecular complexity index is 380. The number of aromatic hydroxyl groups is 1. The van der Waals surface area contributed by atoms with E-state index in [4.69, 9.17) is 0 Å². The Morgan fingerprint density at radius 1 is 0.842 bits per heavy atom. The van der Waals surface area contributed by atoms with Gasteiger partial charge in [-0.2, -0.15) is 0 Å². The minimum atomic E-state index is 0.514. The second-order valence-corrected chi connectivity index (χ2v) is 6.66. The monoisotopic (exact) mass is 262 g/mol. The molecular formula is C18H30O. The van der Waals surface area contributed by atoms with Crippen molar-refractivity contribution in [3.63, 3.8) is 0 Å². The summed E-state index contributed by atoms with van der Waals surface area (Å²) in [5.41, 5.74) is 4.81. The first-order valence-corrected chi connectivity index (χ1v) is 7.63. The molecule has 1 rings (SSSR count). The van der Waals surface area contributed by atoms with Crippen molar-refractivity contribution in [1.82, 2.24) is 0 Å². The molecule has 0 unspecified atom stereocenters. The summed E-state index contributed by atoms with van der Waals surface area (Å²) in [6.45, 7) is 13.1. The zero-order chi connectivity index (χ0) is 14.6. The van der Waals surface area contributed by atoms with Gasteiger partial charge in [0.2, 0.25) is 0 Å². The van der Waals surface area contributed by atoms with Crippen LogP contribution in [0.15, 0.2) is 6.07 Å². The Kier molecular flexibility index (Phi) is 5.90. The van der Waals surface area contributed by atoms with Gasteiger partial charge in [-0.3, -0.25) is 0 Å². The van der Waals surface area contributed by atoms with Gasteiger partial charge in [0.25, 0.3) is 0 Å². The summed E-state index contributed by atoms with van der Waals surface area (Å²) in [4.78, 5) is 0. The maximum atomic E-state index is 10.3. The normalized spacial score (nSPS) is 11.6. The first kappa shape index (κ1) is 16.1. The summed E-state index contributed by atoms with van der Waals surface area (Å²) in [6.07, 6.45) is 4.53. The minimum absolute atomic E-state index is 0.514. The lowest BCUT2D eigenvalue weighted by Gasteiger charge is -2.16. The van der Waals surface area contributed by atoms with Gasteiger partial charge in [-0.25, -0.2) is 0 Å². The van der Waals surface area contributed by atoms with Gasteiger partial charge in [-0.15, -0.1) is 0 Å². The summed E-state index contributed by atoms with van der Waals surface area (Å²) in [5, 5.41) is 10.3. The van der Waals surface area contributed by atoms with Crippen LogP contribution >= 0.6 is 0 Å². The number of hydrogen-bond acceptors (Lipinski definition) is 1. The van der Waals surface area contributed by atoms with Crippen molar-refractivity contribution in [1.29, 1.82) is 0 Å². The van der Waals surface area contributed by atoms with Crippen LogP contribution in [-0.2, 0) is 12.8 Å². The standard InChI is InChI=1S/C18H30O/c1-12(2)7-9-16-11-17(10-8-13(3)4)15(6)18(19)14(16)5/h11-13,19H,7-10H2,1-6H3. The molecule has 0 amide bonds. The Labute approximate surface area is 119 Å². The van der Waals surface area contributed by atoms with Crippen LogP contribution in [0, 0.1) is 25.7 Å². The molecule has 0 aliphatic heterocycles. The molecule has 0 aromatic heterocycles. The Morgan fingerprint density at radius 2 is 1.21 bits per heavy atom. The molecule has 0 radical (unpaired) electrons. The number of hydrogen-bond donors (Lipinski definition) is 1. The summed E-state index contributed by atoms with van der Waals surface area (Å²) < 4.78 is 0. The predicted molar refractivity (Wildman–Crippen MR) is 83.9 cm³/mol. The van der Waals surface area contributed by atoms with Crippen LogP contribution < -0.4 is 0 Å². The van der Waals surface area contributed by atoms with Crippen LogP contribution in [0.25, 0.3) is 0 Å². The maximum Gasteiger partial charge on any atom is 0.121 e. The first-order chi connectivity index (χ1) is 8.82. The van der Waals surface area contributed by atoms with Gasteiger partial charge in [0.15, 0.2) is 0 Å². The summed E-state index contributed by atoms with van der Waals surface area (Å²) in [7, 11) is 0. The fourth-order valence-corrected chi connectivity index (χ4v) is 2.42. The number of phenols is 1. The highest BCUT2D eigenvalue weighted by atomic mass is 16.3. The summed E-state index contributed by atoms with van der Waals surface area (Å²) in [5.74, 6) is 1.93. The van der Waals surface area contributed by atoms with E-state index in [1.807, 2.05) is 13.8 Å². The zero-order valence-electron chi connectivity index (χ0n) is 13.5. The van der Waals surface area contributed by atoms with Gasteiger partial charge in [0.1, 0.15) is 5.75 Å². The molecule has 0 fully saturated rings. The van der Waals surface area contributed by atoms with Crippen LogP contribution in [0.2, 0.25) is 0 Å². The highest BCUT2D eigenvalue weighted by Gasteiger charge is 2.12. The predicted octanol–water partition coefficient (Wildman–Crippen LogP) is 5.19. The zero-order valence-corrected chi connectivity index (χ0v) is 13.5. The smallest absolute Gasteiger partial charge is 0.121 e. The first-order valence-electron chi connectivity index (χ1n) is 7.63. The molecule has 1 nitrogen and oxygen atoms in total. The van der Waals surface area contributed by atoms with Gasteiger partial charge in [-0.05, 0) is 73.6 Å². The average Bonchev–Trinajstić information content (AvgIpc) is 2.33. The molecule has 1 aromatic carbocycles. The van der Waals surface area contributed by atoms with Crippen LogP contribution in [0.3, 0.4) is 0 Å². The van der Waals surface area contributed by atoms with E-state index in [2.05, 4.69) is 33.8 Å². The van der Waals surface area contributed by atoms with Crippen molar-refractivity contribution < 1.29 is 5.11 Å². The van der Waals surface area contributed by atoms with Crippen molar-refractivity contribution in [2.24, 2.45) is 11.8 Å². The molecule has 0 atom stereocenters. The van der Waals surface area contributed by atoms with E-state index in [1.165, 1.54) is 24.0 Å². The fourth-order valence-electron chi connectivity index (χ4n) is 2.42. The van der Waals surface area contributed by atoms with Crippen LogP contribution in [-0.4, -0.2) is 5.11 Å². The van der Waals surface area contributed by atoms with E-state index in [0.29, 0.717) is 17.6 Å². The lowest BCUT2D eigenvalue weighted by Crippen LogP contribution is -2.01. The molecule has 1 N–H and O–H groups in total. The van der Waals surface area contributed by atoms with Crippen molar-refractivity contribution in [2.75, 3.05) is 0 Å². The van der Waals surface area contributed by atoms with Crippen molar-refractivity contribution >= 4 is 0 Å². The van der Waals surface area contributed by atoms with Crippen molar-refractivity contribution in [2.45, 2.75) is 67.2 Å². The summed E-state index contributed by atoms with van der Waals surface area (Å²) in [6, 6.07) is 2.33. The second-order valence-electron chi connectivity index (χ2n) is 6.66. The van der Waals surface area contributed by atoms with Crippen LogP contribution in [0.1, 0.15) is 62.8 Å². The molecule has 0 bridgehead atoms. The third kappa shape index (κ3) is 4.56. The van der Waals surface area contributed by atoms with E-state index >= 15 is 0 Å². The third-order valence-corrected chi connectivity index (χ3v) is 4.00. The van der Waals surface area contributed by atoms with E-state index in [-0.39, 0.29) is 0 Å². The van der Waals surface area contributed by atoms with Gasteiger partial charge >= 0.3 is 0 Å². The van der Waals surface area contributed by atoms with E-state index in [0.717, 1.165) is 24.0 Å². The lowest BCUT2D eigenvalue weighted by molar-refractivity contribution is 0.463. The van der Waals surface area contributed by atoms with Gasteiger partial charge in [0.05, 0.1) is 0 Å². The van der Waals surface area contributed by atoms with E-state index in [1.54, 1.807) is 0 Å². The largest absolute Gasteiger partial charge is 0.507 e. The molecule has 108 valence electrons. The van der Waals surface area contributed by atoms with E-state index < -0.39 is 0 Å². The molecule has 0 saturated carbocycles. The molecule has 0 spiro atoms. The molecule has 1 aromatic rings. The molecule has 0 aliphatic carbocycles. The number of benzene rings is 1. The topological polar surface area (TPSA) is 20.2 Å². The molecule has 0 saturated heterocycles. The fraction of sp³-hybridized carbons (Fsp3) is 0.667. The highest BCUT2D eigenvalue weighted by molar-refractivity contribution is 5.49. The third-order valence-electron chi connectivity index (χ3n) is 4.00. The molecular weight excluding hydrogens is 232 g/mol. The lowest BCUT2D eigenvalue weighted by atomic mass is 9.91. The van der Waals surface area contributed by atoms with Gasteiger partial charge in [0, 0.05) is 0 Å². The number of aryl methyl sites for hydroxylation is 2. The number of rotatable bonds is 6.